The van der Waals surface area contributed by atoms with Crippen molar-refractivity contribution in [2.45, 2.75) is 30.6 Å². The molecule has 0 spiro atoms. The fraction of sp³-hybridized carbons (Fsp3) is 0.600. The van der Waals surface area contributed by atoms with Crippen molar-refractivity contribution in [2.75, 3.05) is 6.61 Å². The van der Waals surface area contributed by atoms with Crippen molar-refractivity contribution < 1.29 is 24.9 Å². The van der Waals surface area contributed by atoms with Gasteiger partial charge in [-0.1, -0.05) is 0 Å². The van der Waals surface area contributed by atoms with E-state index in [9.17, 15) is 15.0 Å². The monoisotopic (exact) mass is 283 g/mol. The summed E-state index contributed by atoms with van der Waals surface area (Å²) < 4.78 is 5.34. The van der Waals surface area contributed by atoms with Gasteiger partial charge in [-0.15, -0.1) is 0 Å². The van der Waals surface area contributed by atoms with Crippen molar-refractivity contribution in [3.8, 4) is 0 Å². The maximum atomic E-state index is 11.6. The molecule has 5 unspecified atom stereocenters. The molecule has 5 N–H and O–H groups in total. The van der Waals surface area contributed by atoms with E-state index in [1.807, 2.05) is 0 Å². The molecule has 0 aromatic rings. The van der Waals surface area contributed by atoms with Crippen molar-refractivity contribution in [2.24, 2.45) is 9.98 Å². The predicted molar refractivity (Wildman–Crippen MR) is 65.2 cm³/mol. The Hall–Kier alpha value is -1.88. The number of hydrogen-bond donors (Lipinski definition) is 5. The molecule has 0 aromatic carbocycles. The predicted octanol–water partition coefficient (Wildman–Crippen LogP) is -3.40. The van der Waals surface area contributed by atoms with Gasteiger partial charge in [0.2, 0.25) is 5.96 Å². The molecule has 1 amide bonds. The number of rotatable bonds is 2. The smallest absolute Gasteiger partial charge is 0.259 e. The van der Waals surface area contributed by atoms with E-state index in [0.717, 1.165) is 0 Å². The third-order valence-corrected chi connectivity index (χ3v) is 3.36. The fourth-order valence-electron chi connectivity index (χ4n) is 2.34. The van der Waals surface area contributed by atoms with Gasteiger partial charge >= 0.3 is 0 Å². The number of guanidine groups is 1. The first kappa shape index (κ1) is 13.1. The maximum absolute atomic E-state index is 11.6. The molecule has 20 heavy (non-hydrogen) atoms. The van der Waals surface area contributed by atoms with Gasteiger partial charge in [0.1, 0.15) is 18.3 Å². The Morgan fingerprint density at radius 1 is 1.45 bits per heavy atom. The van der Waals surface area contributed by atoms with Gasteiger partial charge in [0.25, 0.3) is 5.91 Å². The average molecular weight is 283 g/mol. The first-order valence-corrected chi connectivity index (χ1v) is 5.95. The van der Waals surface area contributed by atoms with E-state index in [1.165, 1.54) is 11.2 Å². The normalized spacial score (nSPS) is 39.9. The molecule has 108 valence electrons. The van der Waals surface area contributed by atoms with Gasteiger partial charge in [0.05, 0.1) is 12.9 Å². The summed E-state index contributed by atoms with van der Waals surface area (Å²) in [6.07, 6.45) is -3.23. The van der Waals surface area contributed by atoms with Crippen molar-refractivity contribution in [3.63, 3.8) is 0 Å². The lowest BCUT2D eigenvalue weighted by Gasteiger charge is -2.28. The van der Waals surface area contributed by atoms with Crippen LogP contribution in [0.4, 0.5) is 0 Å². The van der Waals surface area contributed by atoms with Gasteiger partial charge in [0.15, 0.2) is 18.1 Å². The summed E-state index contributed by atoms with van der Waals surface area (Å²) in [4.78, 5) is 20.7. The average Bonchev–Trinajstić information content (AvgIpc) is 2.93. The van der Waals surface area contributed by atoms with E-state index >= 15 is 0 Å². The number of carbonyl (C=O) groups is 1. The second kappa shape index (κ2) is 4.59. The van der Waals surface area contributed by atoms with Crippen LogP contribution in [-0.2, 0) is 9.53 Å². The Kier molecular flexibility index (Phi) is 3.01. The Balaban J connectivity index is 1.87. The van der Waals surface area contributed by atoms with E-state index in [0.29, 0.717) is 0 Å². The van der Waals surface area contributed by atoms with E-state index in [4.69, 9.17) is 15.3 Å². The van der Waals surface area contributed by atoms with Crippen LogP contribution in [0.15, 0.2) is 9.98 Å². The molecule has 0 saturated carbocycles. The second-order valence-electron chi connectivity index (χ2n) is 4.61. The lowest BCUT2D eigenvalue weighted by atomic mass is 10.1. The largest absolute Gasteiger partial charge is 0.394 e. The molecule has 10 heteroatoms. The zero-order valence-electron chi connectivity index (χ0n) is 10.2. The number of aliphatic hydroxyl groups excluding tert-OH is 3. The van der Waals surface area contributed by atoms with Crippen LogP contribution >= 0.6 is 0 Å². The second-order valence-corrected chi connectivity index (χ2v) is 4.61. The lowest BCUT2D eigenvalue weighted by molar-refractivity contribution is -0.119. The van der Waals surface area contributed by atoms with E-state index in [-0.39, 0.29) is 11.8 Å². The van der Waals surface area contributed by atoms with Crippen LogP contribution in [0.25, 0.3) is 0 Å². The number of amidine groups is 1. The lowest BCUT2D eigenvalue weighted by Crippen LogP contribution is -2.53. The summed E-state index contributed by atoms with van der Waals surface area (Å²) in [5.41, 5.74) is 0. The van der Waals surface area contributed by atoms with E-state index in [1.54, 1.807) is 0 Å². The number of ether oxygens (including phenoxy) is 1. The topological polar surface area (TPSA) is 151 Å². The van der Waals surface area contributed by atoms with Crippen LogP contribution < -0.4 is 5.32 Å². The molecule has 3 aliphatic rings. The van der Waals surface area contributed by atoms with Gasteiger partial charge in [0, 0.05) is 0 Å². The highest BCUT2D eigenvalue weighted by Gasteiger charge is 2.49. The third-order valence-electron chi connectivity index (χ3n) is 3.36. The van der Waals surface area contributed by atoms with Crippen molar-refractivity contribution in [1.82, 2.24) is 10.2 Å². The molecule has 3 rings (SSSR count). The van der Waals surface area contributed by atoms with Gasteiger partial charge in [-0.25, -0.2) is 0 Å². The van der Waals surface area contributed by atoms with Crippen LogP contribution in [0.5, 0.6) is 0 Å². The molecule has 3 heterocycles. The molecule has 0 aliphatic carbocycles. The minimum Gasteiger partial charge on any atom is -0.394 e. The van der Waals surface area contributed by atoms with Gasteiger partial charge in [-0.2, -0.15) is 4.99 Å². The molecule has 5 atom stereocenters. The first-order valence-electron chi connectivity index (χ1n) is 5.95. The van der Waals surface area contributed by atoms with E-state index < -0.39 is 43.1 Å². The fourth-order valence-corrected chi connectivity index (χ4v) is 2.34. The Morgan fingerprint density at radius 3 is 2.85 bits per heavy atom. The zero-order chi connectivity index (χ0) is 14.4. The summed E-state index contributed by atoms with van der Waals surface area (Å²) in [7, 11) is 0. The summed E-state index contributed by atoms with van der Waals surface area (Å²) in [5.74, 6) is -0.678. The van der Waals surface area contributed by atoms with E-state index in [2.05, 4.69) is 15.3 Å². The molecule has 3 aliphatic heterocycles. The molecule has 0 radical (unpaired) electrons. The molecule has 10 nitrogen and oxygen atoms in total. The van der Waals surface area contributed by atoms with Crippen molar-refractivity contribution >= 4 is 24.0 Å². The quantitative estimate of drug-likeness (QED) is 0.356. The summed E-state index contributed by atoms with van der Waals surface area (Å²) in [6.45, 7) is -0.452. The number of fused-ring (bicyclic) bond motifs is 1. The van der Waals surface area contributed by atoms with Crippen LogP contribution in [0.1, 0.15) is 0 Å². The summed E-state index contributed by atoms with van der Waals surface area (Å²) in [5, 5.41) is 38.3. The minimum absolute atomic E-state index is 0.147. The maximum Gasteiger partial charge on any atom is 0.259 e. The molecule has 0 aromatic heterocycles. The highest BCUT2D eigenvalue weighted by Crippen LogP contribution is 2.26. The molecular weight excluding hydrogens is 270 g/mol. The SMILES string of the molecule is N=C1N=C2C(N=CN2C2OC(CO)C(O)C2O)C(=O)N1. The highest BCUT2D eigenvalue weighted by atomic mass is 16.6. The van der Waals surface area contributed by atoms with Crippen LogP contribution in [0.3, 0.4) is 0 Å². The molecular formula is C10H13N5O5. The highest BCUT2D eigenvalue weighted by molar-refractivity contribution is 6.23. The molecule has 0 bridgehead atoms. The summed E-state index contributed by atoms with van der Waals surface area (Å²) >= 11 is 0. The Labute approximate surface area is 112 Å². The number of nitrogens with zero attached hydrogens (tertiary/aromatic N) is 3. The number of amides is 1. The number of aliphatic imine (C=N–C) groups is 2. The molecule has 1 fully saturated rings. The van der Waals surface area contributed by atoms with Gasteiger partial charge < -0.3 is 20.1 Å². The third kappa shape index (κ3) is 1.81. The Bertz CT molecular complexity index is 520. The zero-order valence-corrected chi connectivity index (χ0v) is 10.2. The number of hydrogen-bond acceptors (Lipinski definition) is 8. The van der Waals surface area contributed by atoms with Crippen LogP contribution in [-0.4, -0.2) is 81.4 Å². The summed E-state index contributed by atoms with van der Waals surface area (Å²) in [6, 6.07) is -0.898. The van der Waals surface area contributed by atoms with Crippen LogP contribution in [0.2, 0.25) is 0 Å². The number of aliphatic hydroxyl groups is 3. The van der Waals surface area contributed by atoms with Gasteiger partial charge in [-0.05, 0) is 0 Å². The minimum atomic E-state index is -1.29. The van der Waals surface area contributed by atoms with Gasteiger partial charge in [-0.3, -0.25) is 25.4 Å². The first-order chi connectivity index (χ1) is 9.52. The number of nitrogens with one attached hydrogen (secondary N) is 2. The Morgan fingerprint density at radius 2 is 2.20 bits per heavy atom. The van der Waals surface area contributed by atoms with Crippen LogP contribution in [0, 0.1) is 5.41 Å². The molecule has 1 saturated heterocycles. The number of carbonyl (C=O) groups excluding carboxylic acids is 1. The standard InChI is InChI=1S/C10H13N5O5/c11-10-13-7-4(8(19)14-10)12-2-15(7)9-6(18)5(17)3(1-16)20-9/h2-6,9,16-18H,1H2,(H2,11,14,19). The van der Waals surface area contributed by atoms with Crippen molar-refractivity contribution in [3.05, 3.63) is 0 Å². The van der Waals surface area contributed by atoms with Crippen molar-refractivity contribution in [1.29, 1.82) is 5.41 Å².